The summed E-state index contributed by atoms with van der Waals surface area (Å²) in [5.41, 5.74) is 10.5. The second-order valence-corrected chi connectivity index (χ2v) is 11.4. The number of thiophene rings is 1. The minimum atomic E-state index is 0.561. The van der Waals surface area contributed by atoms with Crippen molar-refractivity contribution in [2.75, 3.05) is 12.4 Å². The number of imidazole rings is 1. The lowest BCUT2D eigenvalue weighted by Gasteiger charge is -2.28. The van der Waals surface area contributed by atoms with Crippen molar-refractivity contribution in [2.45, 2.75) is 39.5 Å². The van der Waals surface area contributed by atoms with Crippen LogP contribution in [0.15, 0.2) is 92.1 Å². The van der Waals surface area contributed by atoms with E-state index in [2.05, 4.69) is 103 Å². The zero-order chi connectivity index (χ0) is 30.2. The summed E-state index contributed by atoms with van der Waals surface area (Å²) in [6.07, 6.45) is 22.3. The van der Waals surface area contributed by atoms with Crippen LogP contribution in [-0.4, -0.2) is 22.0 Å². The molecule has 42 heavy (non-hydrogen) atoms. The lowest BCUT2D eigenvalue weighted by atomic mass is 9.83. The minimum absolute atomic E-state index is 0.561. The Morgan fingerprint density at radius 2 is 1.95 bits per heavy atom. The van der Waals surface area contributed by atoms with Crippen molar-refractivity contribution in [1.82, 2.24) is 20.3 Å². The zero-order valence-corrected chi connectivity index (χ0v) is 25.6. The summed E-state index contributed by atoms with van der Waals surface area (Å²) in [5.74, 6) is 1.46. The first kappa shape index (κ1) is 30.4. The van der Waals surface area contributed by atoms with Gasteiger partial charge in [0.1, 0.15) is 11.3 Å². The summed E-state index contributed by atoms with van der Waals surface area (Å²) in [5, 5.41) is 6.84. The van der Waals surface area contributed by atoms with Crippen LogP contribution in [0.4, 0.5) is 5.69 Å². The predicted molar refractivity (Wildman–Crippen MR) is 182 cm³/mol. The number of terminal acetylenes is 1. The molecule has 0 amide bonds. The van der Waals surface area contributed by atoms with E-state index in [1.54, 1.807) is 11.3 Å². The molecule has 0 unspecified atom stereocenters. The lowest BCUT2D eigenvalue weighted by molar-refractivity contribution is 0.356. The van der Waals surface area contributed by atoms with Gasteiger partial charge in [0.05, 0.1) is 11.7 Å². The van der Waals surface area contributed by atoms with Gasteiger partial charge in [-0.1, -0.05) is 38.3 Å². The molecule has 0 radical (unpaired) electrons. The van der Waals surface area contributed by atoms with Gasteiger partial charge in [0.25, 0.3) is 0 Å². The maximum Gasteiger partial charge on any atom is 0.111 e. The number of pyridine rings is 1. The van der Waals surface area contributed by atoms with Crippen LogP contribution in [0.5, 0.6) is 0 Å². The Balaban J connectivity index is 0.00000198. The normalized spacial score (nSPS) is 13.5. The molecule has 3 heterocycles. The highest BCUT2D eigenvalue weighted by atomic mass is 32.1. The number of nitrogens with one attached hydrogen (secondary N) is 3. The summed E-state index contributed by atoms with van der Waals surface area (Å²) in [6, 6.07) is 10.8. The second kappa shape index (κ2) is 13.8. The Labute approximate surface area is 253 Å². The quantitative estimate of drug-likeness (QED) is 0.124. The minimum Gasteiger partial charge on any atom is -0.388 e. The van der Waals surface area contributed by atoms with Gasteiger partial charge in [-0.05, 0) is 91.3 Å². The molecule has 4 aromatic rings. The molecule has 1 aliphatic carbocycles. The number of benzene rings is 1. The molecule has 3 aromatic heterocycles. The fraction of sp³-hybridized carbons (Fsp3) is 0.222. The second-order valence-electron chi connectivity index (χ2n) is 10.3. The first-order chi connectivity index (χ1) is 20.4. The van der Waals surface area contributed by atoms with Crippen molar-refractivity contribution in [1.29, 1.82) is 0 Å². The molecule has 1 aliphatic rings. The maximum atomic E-state index is 5.03. The number of hydrogen-bond acceptors (Lipinski definition) is 5. The van der Waals surface area contributed by atoms with Gasteiger partial charge in [-0.25, -0.2) is 4.98 Å². The van der Waals surface area contributed by atoms with Crippen LogP contribution < -0.4 is 10.6 Å². The Hall–Kier alpha value is -4.60. The van der Waals surface area contributed by atoms with Crippen LogP contribution in [0.2, 0.25) is 0 Å². The average molecular weight is 574 g/mol. The van der Waals surface area contributed by atoms with Crippen molar-refractivity contribution in [3.05, 3.63) is 114 Å². The van der Waals surface area contributed by atoms with Crippen LogP contribution in [0.25, 0.3) is 32.6 Å². The maximum absolute atomic E-state index is 5.03. The third-order valence-corrected chi connectivity index (χ3v) is 8.83. The van der Waals surface area contributed by atoms with Crippen LogP contribution >= 0.6 is 11.3 Å². The van der Waals surface area contributed by atoms with Crippen LogP contribution in [0.3, 0.4) is 0 Å². The van der Waals surface area contributed by atoms with Crippen molar-refractivity contribution < 1.29 is 0 Å². The third kappa shape index (κ3) is 6.64. The molecule has 1 aromatic carbocycles. The molecule has 1 saturated carbocycles. The van der Waals surface area contributed by atoms with Gasteiger partial charge in [0, 0.05) is 52.1 Å². The molecule has 0 spiro atoms. The number of allylic oxidation sites excluding steroid dienone is 6. The molecule has 5 rings (SSSR count). The molecule has 6 heteroatoms. The van der Waals surface area contributed by atoms with Gasteiger partial charge in [0.15, 0.2) is 0 Å². The highest BCUT2D eigenvalue weighted by Crippen LogP contribution is 2.35. The Morgan fingerprint density at radius 1 is 1.17 bits per heavy atom. The van der Waals surface area contributed by atoms with Crippen molar-refractivity contribution >= 4 is 39.2 Å². The Bertz CT molecular complexity index is 1690. The zero-order valence-electron chi connectivity index (χ0n) is 24.8. The highest BCUT2D eigenvalue weighted by Gasteiger charge is 2.20. The van der Waals surface area contributed by atoms with E-state index in [0.29, 0.717) is 12.3 Å². The van der Waals surface area contributed by atoms with Gasteiger partial charge < -0.3 is 15.6 Å². The van der Waals surface area contributed by atoms with E-state index < -0.39 is 0 Å². The number of fused-ring (bicyclic) bond motifs is 1. The van der Waals surface area contributed by atoms with E-state index in [9.17, 15) is 0 Å². The number of aromatic amines is 1. The number of nitrogens with zero attached hydrogens (tertiary/aromatic N) is 2. The average Bonchev–Trinajstić information content (AvgIpc) is 3.63. The van der Waals surface area contributed by atoms with E-state index in [0.717, 1.165) is 66.7 Å². The van der Waals surface area contributed by atoms with Crippen molar-refractivity contribution in [3.63, 3.8) is 0 Å². The largest absolute Gasteiger partial charge is 0.388 e. The number of anilines is 1. The summed E-state index contributed by atoms with van der Waals surface area (Å²) in [7, 11) is 1.96. The molecule has 0 saturated heterocycles. The van der Waals surface area contributed by atoms with Gasteiger partial charge >= 0.3 is 0 Å². The standard InChI is InChI=1S/C34H37N5S.C2H2/c1-7-23(17-27(8-2)37-22(5)24-10-9-11-24)25-12-13-29(35-6)26(16-25)18-33-38-30-20-36-19-28(34(30)39-33)32-15-14-31(40-32)21(3)4;1-2/h7-8,12-17,19-20,24,35,37H,2-3,5,9-11,18H2,1,4,6H3,(H,38,39);1-2H/b23-7+,27-17+;. The SMILES string of the molecule is C#C.C=C/C(=C\C(=C/C)c1ccc(NC)c(Cc2nc3c(-c4ccc(C(=C)C)s4)cncc3[nH]2)c1)NC(=C)C1CCC1. The summed E-state index contributed by atoms with van der Waals surface area (Å²) in [6.45, 7) is 16.5. The fourth-order valence-electron chi connectivity index (χ4n) is 4.99. The van der Waals surface area contributed by atoms with E-state index in [1.807, 2.05) is 32.4 Å². The van der Waals surface area contributed by atoms with E-state index >= 15 is 0 Å². The van der Waals surface area contributed by atoms with Gasteiger partial charge in [0.2, 0.25) is 0 Å². The summed E-state index contributed by atoms with van der Waals surface area (Å²) in [4.78, 5) is 15.3. The predicted octanol–water partition coefficient (Wildman–Crippen LogP) is 8.98. The molecule has 0 bridgehead atoms. The number of H-pyrrole nitrogens is 1. The van der Waals surface area contributed by atoms with E-state index in [4.69, 9.17) is 4.98 Å². The summed E-state index contributed by atoms with van der Waals surface area (Å²) < 4.78 is 0. The molecule has 3 N–H and O–H groups in total. The van der Waals surface area contributed by atoms with Gasteiger partial charge in [-0.3, -0.25) is 4.98 Å². The Morgan fingerprint density at radius 3 is 2.57 bits per heavy atom. The topological polar surface area (TPSA) is 65.6 Å². The van der Waals surface area contributed by atoms with Gasteiger partial charge in [-0.15, -0.1) is 24.2 Å². The monoisotopic (exact) mass is 573 g/mol. The van der Waals surface area contributed by atoms with Crippen molar-refractivity contribution in [3.8, 4) is 23.3 Å². The van der Waals surface area contributed by atoms with Crippen molar-refractivity contribution in [2.24, 2.45) is 5.92 Å². The van der Waals surface area contributed by atoms with Crippen LogP contribution in [0, 0.1) is 18.8 Å². The molecular weight excluding hydrogens is 534 g/mol. The molecule has 5 nitrogen and oxygen atoms in total. The third-order valence-electron chi connectivity index (χ3n) is 7.55. The number of rotatable bonds is 11. The molecule has 0 aliphatic heterocycles. The van der Waals surface area contributed by atoms with E-state index in [-0.39, 0.29) is 0 Å². The molecule has 1 fully saturated rings. The highest BCUT2D eigenvalue weighted by molar-refractivity contribution is 7.16. The van der Waals surface area contributed by atoms with Crippen LogP contribution in [0.1, 0.15) is 54.9 Å². The molecule has 214 valence electrons. The summed E-state index contributed by atoms with van der Waals surface area (Å²) >= 11 is 1.72. The van der Waals surface area contributed by atoms with Crippen LogP contribution in [-0.2, 0) is 6.42 Å². The first-order valence-corrected chi connectivity index (χ1v) is 14.9. The Kier molecular flexibility index (Phi) is 10.0. The number of hydrogen-bond donors (Lipinski definition) is 3. The fourth-order valence-corrected chi connectivity index (χ4v) is 5.94. The van der Waals surface area contributed by atoms with Gasteiger partial charge in [-0.2, -0.15) is 0 Å². The molecule has 0 atom stereocenters. The lowest BCUT2D eigenvalue weighted by Crippen LogP contribution is -2.23. The smallest absolute Gasteiger partial charge is 0.111 e. The number of aromatic nitrogens is 3. The van der Waals surface area contributed by atoms with E-state index in [1.165, 1.54) is 24.1 Å². The molecular formula is C36H39N5S. The first-order valence-electron chi connectivity index (χ1n) is 14.1.